The number of rotatable bonds is 5. The van der Waals surface area contributed by atoms with Crippen molar-refractivity contribution in [2.24, 2.45) is 0 Å². The molecule has 2 unspecified atom stereocenters. The van der Waals surface area contributed by atoms with Crippen molar-refractivity contribution in [1.29, 1.82) is 0 Å². The fraction of sp³-hybridized carbons (Fsp3) is 0.643. The average Bonchev–Trinajstić information content (AvgIpc) is 3.22. The van der Waals surface area contributed by atoms with Crippen LogP contribution in [0.3, 0.4) is 0 Å². The maximum Gasteiger partial charge on any atom is 0.291 e. The quantitative estimate of drug-likeness (QED) is 0.837. The number of hydrogen-bond acceptors (Lipinski definition) is 7. The second-order valence-electron chi connectivity index (χ2n) is 5.65. The van der Waals surface area contributed by atoms with Gasteiger partial charge >= 0.3 is 0 Å². The number of carbonyl (C=O) groups excluding carboxylic acids is 1. The Labute approximate surface area is 133 Å². The number of amides is 1. The van der Waals surface area contributed by atoms with E-state index >= 15 is 0 Å². The van der Waals surface area contributed by atoms with Crippen molar-refractivity contribution >= 4 is 5.91 Å². The van der Waals surface area contributed by atoms with Crippen LogP contribution in [-0.2, 0) is 0 Å². The molecule has 2 N–H and O–H groups in total. The third-order valence-electron chi connectivity index (χ3n) is 3.93. The summed E-state index contributed by atoms with van der Waals surface area (Å²) in [6.45, 7) is 5.54. The highest BCUT2D eigenvalue weighted by atomic mass is 16.5. The summed E-state index contributed by atoms with van der Waals surface area (Å²) in [5.41, 5.74) is 0. The van der Waals surface area contributed by atoms with Gasteiger partial charge in [-0.15, -0.1) is 5.10 Å². The zero-order chi connectivity index (χ0) is 16.2. The Kier molecular flexibility index (Phi) is 4.65. The summed E-state index contributed by atoms with van der Waals surface area (Å²) in [6.07, 6.45) is 4.41. The Morgan fingerprint density at radius 1 is 1.61 bits per heavy atom. The standard InChI is InChI=1S/C14H21N7O2/c1-3-11(12-17-9(2)23-20-12)18-14(22)13-16-8-21(19-13)10-5-4-6-15-7-10/h8,10-11,15H,3-7H2,1-2H3,(H,18,22). The molecule has 1 fully saturated rings. The van der Waals surface area contributed by atoms with Gasteiger partial charge in [-0.3, -0.25) is 4.79 Å². The largest absolute Gasteiger partial charge is 0.340 e. The van der Waals surface area contributed by atoms with Crippen molar-refractivity contribution in [3.05, 3.63) is 23.9 Å². The minimum atomic E-state index is -0.332. The normalized spacial score (nSPS) is 19.5. The molecule has 3 heterocycles. The summed E-state index contributed by atoms with van der Waals surface area (Å²) in [5, 5.41) is 14.3. The summed E-state index contributed by atoms with van der Waals surface area (Å²) in [5.74, 6) is 0.769. The average molecular weight is 319 g/mol. The summed E-state index contributed by atoms with van der Waals surface area (Å²) in [7, 11) is 0. The molecule has 1 aliphatic rings. The van der Waals surface area contributed by atoms with Crippen LogP contribution in [0, 0.1) is 6.92 Å². The molecule has 1 aliphatic heterocycles. The third-order valence-corrected chi connectivity index (χ3v) is 3.93. The van der Waals surface area contributed by atoms with Crippen LogP contribution in [0.25, 0.3) is 0 Å². The Balaban J connectivity index is 1.66. The van der Waals surface area contributed by atoms with Crippen molar-refractivity contribution < 1.29 is 9.32 Å². The van der Waals surface area contributed by atoms with Crippen molar-refractivity contribution in [1.82, 2.24) is 35.5 Å². The minimum Gasteiger partial charge on any atom is -0.340 e. The first kappa shape index (κ1) is 15.6. The summed E-state index contributed by atoms with van der Waals surface area (Å²) >= 11 is 0. The van der Waals surface area contributed by atoms with Gasteiger partial charge in [0.25, 0.3) is 5.91 Å². The first-order valence-electron chi connectivity index (χ1n) is 7.90. The van der Waals surface area contributed by atoms with Gasteiger partial charge in [-0.25, -0.2) is 9.67 Å². The molecule has 2 atom stereocenters. The molecular formula is C14H21N7O2. The lowest BCUT2D eigenvalue weighted by Crippen LogP contribution is -2.32. The Bertz CT molecular complexity index is 660. The molecule has 0 aliphatic carbocycles. The Hall–Kier alpha value is -2.29. The number of aromatic nitrogens is 5. The molecule has 9 heteroatoms. The van der Waals surface area contributed by atoms with Gasteiger partial charge in [0.05, 0.1) is 12.1 Å². The lowest BCUT2D eigenvalue weighted by Gasteiger charge is -2.22. The van der Waals surface area contributed by atoms with E-state index in [1.807, 2.05) is 6.92 Å². The van der Waals surface area contributed by atoms with Crippen LogP contribution in [-0.4, -0.2) is 43.9 Å². The monoisotopic (exact) mass is 319 g/mol. The molecule has 1 amide bonds. The van der Waals surface area contributed by atoms with Gasteiger partial charge in [0.15, 0.2) is 5.82 Å². The number of piperidine rings is 1. The fourth-order valence-corrected chi connectivity index (χ4v) is 2.64. The van der Waals surface area contributed by atoms with Crippen LogP contribution in [0.2, 0.25) is 0 Å². The molecular weight excluding hydrogens is 298 g/mol. The zero-order valence-electron chi connectivity index (χ0n) is 13.3. The lowest BCUT2D eigenvalue weighted by atomic mass is 10.1. The molecule has 0 saturated carbocycles. The van der Waals surface area contributed by atoms with Crippen LogP contribution in [0.1, 0.15) is 60.6 Å². The molecule has 9 nitrogen and oxygen atoms in total. The molecule has 3 rings (SSSR count). The van der Waals surface area contributed by atoms with Crippen molar-refractivity contribution in [3.63, 3.8) is 0 Å². The predicted octanol–water partition coefficient (Wildman–Crippen LogP) is 0.775. The minimum absolute atomic E-state index is 0.161. The van der Waals surface area contributed by atoms with Gasteiger partial charge < -0.3 is 15.2 Å². The maximum absolute atomic E-state index is 12.3. The van der Waals surface area contributed by atoms with Crippen LogP contribution >= 0.6 is 0 Å². The number of carbonyl (C=O) groups is 1. The first-order chi connectivity index (χ1) is 11.2. The van der Waals surface area contributed by atoms with E-state index in [0.717, 1.165) is 25.9 Å². The number of nitrogens with zero attached hydrogens (tertiary/aromatic N) is 5. The van der Waals surface area contributed by atoms with E-state index < -0.39 is 0 Å². The molecule has 2 aromatic rings. The number of nitrogens with one attached hydrogen (secondary N) is 2. The van der Waals surface area contributed by atoms with E-state index in [1.54, 1.807) is 17.9 Å². The molecule has 2 aromatic heterocycles. The zero-order valence-corrected chi connectivity index (χ0v) is 13.3. The van der Waals surface area contributed by atoms with Crippen molar-refractivity contribution in [2.75, 3.05) is 13.1 Å². The van der Waals surface area contributed by atoms with Crippen LogP contribution in [0.4, 0.5) is 0 Å². The summed E-state index contributed by atoms with van der Waals surface area (Å²) in [6, 6.07) is -0.0668. The highest BCUT2D eigenvalue weighted by Crippen LogP contribution is 2.16. The molecule has 0 bridgehead atoms. The van der Waals surface area contributed by atoms with E-state index in [1.165, 1.54) is 0 Å². The molecule has 0 spiro atoms. The Morgan fingerprint density at radius 3 is 3.13 bits per heavy atom. The van der Waals surface area contributed by atoms with Crippen LogP contribution in [0.5, 0.6) is 0 Å². The molecule has 0 radical (unpaired) electrons. The number of hydrogen-bond donors (Lipinski definition) is 2. The van der Waals surface area contributed by atoms with Gasteiger partial charge in [-0.05, 0) is 25.8 Å². The van der Waals surface area contributed by atoms with Crippen molar-refractivity contribution in [2.45, 2.75) is 45.2 Å². The third kappa shape index (κ3) is 3.55. The highest BCUT2D eigenvalue weighted by Gasteiger charge is 2.22. The fourth-order valence-electron chi connectivity index (χ4n) is 2.64. The van der Waals surface area contributed by atoms with Gasteiger partial charge in [-0.1, -0.05) is 12.1 Å². The highest BCUT2D eigenvalue weighted by molar-refractivity contribution is 5.90. The summed E-state index contributed by atoms with van der Waals surface area (Å²) in [4.78, 5) is 20.6. The smallest absolute Gasteiger partial charge is 0.291 e. The number of aryl methyl sites for hydroxylation is 1. The second kappa shape index (κ2) is 6.86. The van der Waals surface area contributed by atoms with Crippen LogP contribution < -0.4 is 10.6 Å². The molecule has 1 saturated heterocycles. The van der Waals surface area contributed by atoms with Crippen LogP contribution in [0.15, 0.2) is 10.9 Å². The topological polar surface area (TPSA) is 111 Å². The predicted molar refractivity (Wildman–Crippen MR) is 80.7 cm³/mol. The molecule has 124 valence electrons. The molecule has 0 aromatic carbocycles. The van der Waals surface area contributed by atoms with E-state index in [9.17, 15) is 4.79 Å². The summed E-state index contributed by atoms with van der Waals surface area (Å²) < 4.78 is 6.73. The van der Waals surface area contributed by atoms with E-state index in [0.29, 0.717) is 18.1 Å². The van der Waals surface area contributed by atoms with E-state index in [4.69, 9.17) is 4.52 Å². The van der Waals surface area contributed by atoms with E-state index in [2.05, 4.69) is 30.9 Å². The van der Waals surface area contributed by atoms with Crippen molar-refractivity contribution in [3.8, 4) is 0 Å². The van der Waals surface area contributed by atoms with Gasteiger partial charge in [0, 0.05) is 13.5 Å². The Morgan fingerprint density at radius 2 is 2.48 bits per heavy atom. The van der Waals surface area contributed by atoms with E-state index in [-0.39, 0.29) is 23.8 Å². The molecule has 23 heavy (non-hydrogen) atoms. The first-order valence-corrected chi connectivity index (χ1v) is 7.90. The lowest BCUT2D eigenvalue weighted by molar-refractivity contribution is 0.0922. The maximum atomic E-state index is 12.3. The van der Waals surface area contributed by atoms with Gasteiger partial charge in [0.2, 0.25) is 11.7 Å². The van der Waals surface area contributed by atoms with Gasteiger partial charge in [-0.2, -0.15) is 4.98 Å². The van der Waals surface area contributed by atoms with Gasteiger partial charge in [0.1, 0.15) is 6.33 Å². The SMILES string of the molecule is CCC(NC(=O)c1ncn(C2CCCNC2)n1)c1noc(C)n1. The second-order valence-corrected chi connectivity index (χ2v) is 5.65.